The molecule has 2 aliphatic rings. The summed E-state index contributed by atoms with van der Waals surface area (Å²) in [6, 6.07) is 3.29. The second kappa shape index (κ2) is 8.78. The van der Waals surface area contributed by atoms with Gasteiger partial charge in [-0.15, -0.1) is 22.7 Å². The summed E-state index contributed by atoms with van der Waals surface area (Å²) < 4.78 is 32.5. The molecule has 2 aromatic rings. The molecule has 1 saturated heterocycles. The summed E-state index contributed by atoms with van der Waals surface area (Å²) in [6.07, 6.45) is 3.30. The van der Waals surface area contributed by atoms with Crippen molar-refractivity contribution in [3.63, 3.8) is 0 Å². The van der Waals surface area contributed by atoms with Gasteiger partial charge in [0.25, 0.3) is 10.0 Å². The van der Waals surface area contributed by atoms with E-state index in [-0.39, 0.29) is 19.1 Å². The number of rotatable bonds is 7. The van der Waals surface area contributed by atoms with E-state index in [0.717, 1.165) is 18.4 Å². The largest absolute Gasteiger partial charge is 0.462 e. The Kier molecular flexibility index (Phi) is 6.29. The fourth-order valence-electron chi connectivity index (χ4n) is 3.70. The number of thiophene rings is 2. The number of hydrogen-bond donors (Lipinski definition) is 1. The number of hydrogen-bond acceptors (Lipinski definition) is 7. The highest BCUT2D eigenvalue weighted by Gasteiger charge is 2.36. The van der Waals surface area contributed by atoms with E-state index in [2.05, 4.69) is 5.32 Å². The maximum atomic E-state index is 13.0. The van der Waals surface area contributed by atoms with E-state index in [4.69, 9.17) is 4.74 Å². The van der Waals surface area contributed by atoms with Crippen molar-refractivity contribution in [3.05, 3.63) is 34.0 Å². The fraction of sp³-hybridized carbons (Fsp3) is 0.500. The lowest BCUT2D eigenvalue weighted by Crippen LogP contribution is -2.43. The molecule has 1 aliphatic carbocycles. The van der Waals surface area contributed by atoms with Gasteiger partial charge < -0.3 is 10.1 Å². The van der Waals surface area contributed by atoms with Crippen LogP contribution < -0.4 is 5.32 Å². The minimum atomic E-state index is -3.59. The number of ether oxygens (including phenoxy) is 1. The van der Waals surface area contributed by atoms with Gasteiger partial charge in [0.1, 0.15) is 9.21 Å². The van der Waals surface area contributed by atoms with Gasteiger partial charge >= 0.3 is 5.97 Å². The molecule has 0 aromatic carbocycles. The molecule has 1 N–H and O–H groups in total. The van der Waals surface area contributed by atoms with Crippen molar-refractivity contribution in [2.45, 2.75) is 42.7 Å². The van der Waals surface area contributed by atoms with E-state index in [0.29, 0.717) is 40.1 Å². The average Bonchev–Trinajstić information content (AvgIpc) is 3.25. The fourth-order valence-corrected chi connectivity index (χ4v) is 7.40. The van der Waals surface area contributed by atoms with E-state index in [1.807, 2.05) is 5.38 Å². The molecule has 1 saturated carbocycles. The third kappa shape index (κ3) is 4.32. The second-order valence-electron chi connectivity index (χ2n) is 7.51. The quantitative estimate of drug-likeness (QED) is 0.622. The summed E-state index contributed by atoms with van der Waals surface area (Å²) in [5.74, 6) is -0.778. The van der Waals surface area contributed by atoms with E-state index in [1.165, 1.54) is 27.0 Å². The minimum absolute atomic E-state index is 0.141. The van der Waals surface area contributed by atoms with Crippen LogP contribution >= 0.6 is 22.7 Å². The highest BCUT2D eigenvalue weighted by Crippen LogP contribution is 2.46. The Morgan fingerprint density at radius 2 is 2.07 bits per heavy atom. The number of sulfonamides is 1. The van der Waals surface area contributed by atoms with E-state index in [1.54, 1.807) is 24.4 Å². The van der Waals surface area contributed by atoms with Gasteiger partial charge in [-0.2, -0.15) is 4.31 Å². The van der Waals surface area contributed by atoms with E-state index in [9.17, 15) is 18.0 Å². The normalized spacial score (nSPS) is 20.1. The smallest absolute Gasteiger partial charge is 0.341 e. The minimum Gasteiger partial charge on any atom is -0.462 e. The SMILES string of the molecule is CCOC(=O)c1c(C2CC2)csc1NC(=O)[C@H]1CCCN(S(=O)(=O)c2cccs2)C1. The van der Waals surface area contributed by atoms with Gasteiger partial charge in [-0.25, -0.2) is 13.2 Å². The lowest BCUT2D eigenvalue weighted by Gasteiger charge is -2.30. The average molecular weight is 469 g/mol. The third-order valence-electron chi connectivity index (χ3n) is 5.40. The number of carbonyl (C=O) groups is 2. The van der Waals surface area contributed by atoms with Crippen molar-refractivity contribution >= 4 is 49.6 Å². The molecular formula is C20H24N2O5S3. The summed E-state index contributed by atoms with van der Waals surface area (Å²) >= 11 is 2.51. The van der Waals surface area contributed by atoms with Gasteiger partial charge in [-0.05, 0) is 60.9 Å². The van der Waals surface area contributed by atoms with Gasteiger partial charge in [0, 0.05) is 13.1 Å². The molecule has 7 nitrogen and oxygen atoms in total. The first-order chi connectivity index (χ1) is 14.4. The van der Waals surface area contributed by atoms with Crippen molar-refractivity contribution in [1.82, 2.24) is 4.31 Å². The first kappa shape index (κ1) is 21.5. The standard InChI is InChI=1S/C20H24N2O5S3/c1-2-27-20(24)17-15(13-7-8-13)12-29-19(17)21-18(23)14-5-3-9-22(11-14)30(25,26)16-6-4-10-28-16/h4,6,10,12-14H,2-3,5,7-9,11H2,1H3,(H,21,23)/t14-/m0/s1. The molecule has 1 amide bonds. The molecule has 0 spiro atoms. The Labute approximate surface area is 184 Å². The van der Waals surface area contributed by atoms with Gasteiger partial charge in [0.05, 0.1) is 18.1 Å². The Morgan fingerprint density at radius 1 is 1.27 bits per heavy atom. The highest BCUT2D eigenvalue weighted by molar-refractivity contribution is 7.91. The van der Waals surface area contributed by atoms with Crippen molar-refractivity contribution in [2.75, 3.05) is 25.0 Å². The second-order valence-corrected chi connectivity index (χ2v) is 11.5. The Morgan fingerprint density at radius 3 is 2.73 bits per heavy atom. The molecule has 3 heterocycles. The molecule has 0 bridgehead atoms. The molecule has 1 atom stereocenters. The highest BCUT2D eigenvalue weighted by atomic mass is 32.2. The Hall–Kier alpha value is -1.75. The molecule has 162 valence electrons. The van der Waals surface area contributed by atoms with Crippen molar-refractivity contribution in [1.29, 1.82) is 0 Å². The number of nitrogens with one attached hydrogen (secondary N) is 1. The van der Waals surface area contributed by atoms with Gasteiger partial charge in [0.2, 0.25) is 5.91 Å². The Balaban J connectivity index is 1.50. The number of anilines is 1. The zero-order chi connectivity index (χ0) is 21.3. The van der Waals surface area contributed by atoms with E-state index >= 15 is 0 Å². The third-order valence-corrected chi connectivity index (χ3v) is 9.55. The maximum absolute atomic E-state index is 13.0. The lowest BCUT2D eigenvalue weighted by atomic mass is 9.99. The predicted octanol–water partition coefficient (Wildman–Crippen LogP) is 3.90. The Bertz CT molecular complexity index is 1030. The summed E-state index contributed by atoms with van der Waals surface area (Å²) in [5.41, 5.74) is 1.40. The van der Waals surface area contributed by atoms with Crippen LogP contribution in [0, 0.1) is 5.92 Å². The summed E-state index contributed by atoms with van der Waals surface area (Å²) in [7, 11) is -3.59. The molecule has 2 fully saturated rings. The van der Waals surface area contributed by atoms with Crippen molar-refractivity contribution in [3.8, 4) is 0 Å². The van der Waals surface area contributed by atoms with Crippen LogP contribution in [0.25, 0.3) is 0 Å². The summed E-state index contributed by atoms with van der Waals surface area (Å²) in [4.78, 5) is 25.5. The first-order valence-electron chi connectivity index (χ1n) is 10.0. The summed E-state index contributed by atoms with van der Waals surface area (Å²) in [6.45, 7) is 2.57. The number of piperidine rings is 1. The zero-order valence-electron chi connectivity index (χ0n) is 16.6. The van der Waals surface area contributed by atoms with Crippen LogP contribution in [0.2, 0.25) is 0 Å². The molecular weight excluding hydrogens is 444 g/mol. The first-order valence-corrected chi connectivity index (χ1v) is 13.2. The van der Waals surface area contributed by atoms with Crippen molar-refractivity contribution in [2.24, 2.45) is 5.92 Å². The zero-order valence-corrected chi connectivity index (χ0v) is 19.1. The molecule has 1 aliphatic heterocycles. The number of esters is 1. The molecule has 0 unspecified atom stereocenters. The van der Waals surface area contributed by atoms with Crippen molar-refractivity contribution < 1.29 is 22.7 Å². The molecule has 0 radical (unpaired) electrons. The molecule has 2 aromatic heterocycles. The van der Waals surface area contributed by atoms with Crippen LogP contribution in [0.3, 0.4) is 0 Å². The van der Waals surface area contributed by atoms with Gasteiger partial charge in [0.15, 0.2) is 0 Å². The van der Waals surface area contributed by atoms with Crippen LogP contribution in [-0.4, -0.2) is 44.3 Å². The summed E-state index contributed by atoms with van der Waals surface area (Å²) in [5, 5.41) is 7.04. The van der Waals surface area contributed by atoms with Crippen LogP contribution in [0.4, 0.5) is 5.00 Å². The number of nitrogens with zero attached hydrogens (tertiary/aromatic N) is 1. The number of amides is 1. The molecule has 10 heteroatoms. The van der Waals surface area contributed by atoms with Crippen LogP contribution in [0.15, 0.2) is 27.1 Å². The molecule has 4 rings (SSSR count). The molecule has 30 heavy (non-hydrogen) atoms. The van der Waals surface area contributed by atoms with Gasteiger partial charge in [-0.1, -0.05) is 6.07 Å². The topological polar surface area (TPSA) is 92.8 Å². The predicted molar refractivity (Wildman–Crippen MR) is 117 cm³/mol. The van der Waals surface area contributed by atoms with E-state index < -0.39 is 21.9 Å². The number of carbonyl (C=O) groups excluding carboxylic acids is 2. The lowest BCUT2D eigenvalue weighted by molar-refractivity contribution is -0.120. The maximum Gasteiger partial charge on any atom is 0.341 e. The van der Waals surface area contributed by atoms with Crippen LogP contribution in [-0.2, 0) is 19.6 Å². The van der Waals surface area contributed by atoms with Crippen LogP contribution in [0.1, 0.15) is 54.4 Å². The monoisotopic (exact) mass is 468 g/mol. The van der Waals surface area contributed by atoms with Crippen LogP contribution in [0.5, 0.6) is 0 Å². The van der Waals surface area contributed by atoms with Gasteiger partial charge in [-0.3, -0.25) is 4.79 Å².